The molecule has 1 heterocycles. The highest BCUT2D eigenvalue weighted by Crippen LogP contribution is 2.33. The van der Waals surface area contributed by atoms with Crippen LogP contribution in [0.3, 0.4) is 0 Å². The first kappa shape index (κ1) is 60.9. The normalized spacial score (nSPS) is 11.0. The molecule has 5 aromatic rings. The maximum Gasteiger partial charge on any atom is 0.417 e. The van der Waals surface area contributed by atoms with E-state index in [4.69, 9.17) is 84.3 Å². The molecule has 24 heteroatoms. The van der Waals surface area contributed by atoms with Crippen LogP contribution >= 0.6 is 81.8 Å². The predicted molar refractivity (Wildman–Crippen MR) is 269 cm³/mol. The number of thiocarbonyl (C=S) groups is 1. The van der Waals surface area contributed by atoms with Crippen LogP contribution in [0.2, 0.25) is 15.1 Å². The number of nitrogens with zero attached hydrogens (tertiary/aromatic N) is 3. The van der Waals surface area contributed by atoms with Crippen molar-refractivity contribution in [2.45, 2.75) is 49.4 Å². The van der Waals surface area contributed by atoms with E-state index in [-0.39, 0.29) is 50.1 Å². The molecule has 4 aromatic carbocycles. The molecular formula is C46H45Cl6F3N6O8S. The fraction of sp³-hybridized carbons (Fsp3) is 0.261. The summed E-state index contributed by atoms with van der Waals surface area (Å²) in [6.45, 7) is 4.04. The number of ether oxygens (including phenoxy) is 2. The van der Waals surface area contributed by atoms with Crippen molar-refractivity contribution in [2.75, 3.05) is 27.8 Å². The number of aromatic hydroxyl groups is 1. The van der Waals surface area contributed by atoms with Crippen molar-refractivity contribution in [1.82, 2.24) is 26.0 Å². The number of nitrogens with one attached hydrogen (secondary N) is 3. The number of carbonyl (C=O) groups is 4. The Hall–Kier alpha value is -5.24. The number of pyridine rings is 1. The average molecular weight is 1110 g/mol. The third kappa shape index (κ3) is 19.9. The van der Waals surface area contributed by atoms with Gasteiger partial charge in [-0.2, -0.15) is 18.2 Å². The van der Waals surface area contributed by atoms with E-state index in [2.05, 4.69) is 38.0 Å². The van der Waals surface area contributed by atoms with E-state index in [1.807, 2.05) is 13.8 Å². The van der Waals surface area contributed by atoms with Gasteiger partial charge < -0.3 is 30.1 Å². The number of amides is 4. The minimum Gasteiger partial charge on any atom is -0.507 e. The van der Waals surface area contributed by atoms with Gasteiger partial charge >= 0.3 is 6.18 Å². The lowest BCUT2D eigenvalue weighted by Crippen LogP contribution is -2.45. The fourth-order valence-corrected chi connectivity index (χ4v) is 6.60. The van der Waals surface area contributed by atoms with Crippen molar-refractivity contribution in [1.29, 1.82) is 0 Å². The lowest BCUT2D eigenvalue weighted by Gasteiger charge is -2.25. The molecule has 1 unspecified atom stereocenters. The molecule has 4 amide bonds. The van der Waals surface area contributed by atoms with Gasteiger partial charge in [0.05, 0.1) is 67.5 Å². The van der Waals surface area contributed by atoms with E-state index in [1.54, 1.807) is 80.2 Å². The highest BCUT2D eigenvalue weighted by atomic mass is 35.6. The number of methoxy groups -OCH3 is 1. The van der Waals surface area contributed by atoms with Crippen LogP contribution in [0, 0.1) is 6.92 Å². The SMILES string of the molecule is CCCCOC(NC(=O)c1ccccc1O)C(Cl)(Cl)Cl.COc1c(C)cc(N=C=S)cc1C(=O)N(C)C.O=C(NCc1ncc(C(F)(F)F)cc1Cl)c1c(Cl)cccc1Cl.O=C(NO)c1ccccc1. The molecule has 5 rings (SSSR count). The Labute approximate surface area is 436 Å². The number of isothiocyanates is 1. The first-order valence-corrected chi connectivity index (χ1v) is 22.8. The Balaban J connectivity index is 0.000000331. The van der Waals surface area contributed by atoms with Gasteiger partial charge in [-0.15, -0.1) is 0 Å². The third-order valence-corrected chi connectivity index (χ3v) is 10.4. The lowest BCUT2D eigenvalue weighted by atomic mass is 10.1. The third-order valence-electron chi connectivity index (χ3n) is 8.75. The number of phenols is 1. The molecule has 0 radical (unpaired) electrons. The number of phenolic OH excluding ortho intramolecular Hbond substituents is 1. The first-order chi connectivity index (χ1) is 32.9. The molecule has 0 spiro atoms. The summed E-state index contributed by atoms with van der Waals surface area (Å²) >= 11 is 39.4. The summed E-state index contributed by atoms with van der Waals surface area (Å²) in [7, 11) is 4.91. The first-order valence-electron chi connectivity index (χ1n) is 20.1. The number of aromatic nitrogens is 1. The number of alkyl halides is 6. The number of unbranched alkanes of at least 4 members (excludes halogenated alkanes) is 1. The largest absolute Gasteiger partial charge is 0.507 e. The highest BCUT2D eigenvalue weighted by Gasteiger charge is 2.35. The molecule has 0 aliphatic rings. The minimum atomic E-state index is -4.54. The van der Waals surface area contributed by atoms with Crippen molar-refractivity contribution < 1.29 is 52.1 Å². The van der Waals surface area contributed by atoms with Crippen LogP contribution < -0.4 is 20.9 Å². The molecule has 5 N–H and O–H groups in total. The maximum absolute atomic E-state index is 12.5. The molecule has 14 nitrogen and oxygen atoms in total. The van der Waals surface area contributed by atoms with Gasteiger partial charge in [0, 0.05) is 32.5 Å². The van der Waals surface area contributed by atoms with E-state index in [1.165, 1.54) is 36.3 Å². The molecule has 0 bridgehead atoms. The summed E-state index contributed by atoms with van der Waals surface area (Å²) in [5, 5.41) is 25.1. The predicted octanol–water partition coefficient (Wildman–Crippen LogP) is 11.9. The van der Waals surface area contributed by atoms with Gasteiger partial charge in [-0.25, -0.2) is 5.48 Å². The Kier molecular flexibility index (Phi) is 25.9. The standard InChI is InChI=1S/C14H8Cl3F3N2O.C13H16Cl3NO3.C12H14N2O2S.C7H7NO2/c15-8-2-1-3-9(16)12(8)13(23)22-6-11-10(17)4-7(5-21-11)14(18,19)20;1-2-3-8-20-12(13(14,15)16)17-11(19)9-6-4-5-7-10(9)18;1-8-5-9(13-7-17)6-10(11(8)16-4)12(15)14(2)3;9-7(8-10)6-4-2-1-3-5-6/h1-5H,6H2,(H,22,23);4-7,12,18H,2-3,8H2,1H3,(H,17,19);5-6H,1-4H3;1-5,10H,(H,8,9). The summed E-state index contributed by atoms with van der Waals surface area (Å²) in [5.74, 6) is -1.37. The Morgan fingerprint density at radius 3 is 2.00 bits per heavy atom. The summed E-state index contributed by atoms with van der Waals surface area (Å²) in [4.78, 5) is 55.7. The van der Waals surface area contributed by atoms with E-state index < -0.39 is 39.5 Å². The van der Waals surface area contributed by atoms with Gasteiger partial charge in [-0.05, 0) is 85.7 Å². The molecule has 1 atom stereocenters. The molecule has 70 heavy (non-hydrogen) atoms. The Bertz CT molecular complexity index is 2590. The van der Waals surface area contributed by atoms with Crippen LogP contribution in [0.4, 0.5) is 18.9 Å². The van der Waals surface area contributed by atoms with Crippen molar-refractivity contribution >= 4 is 116 Å². The van der Waals surface area contributed by atoms with Crippen molar-refractivity contribution in [3.05, 3.63) is 151 Å². The van der Waals surface area contributed by atoms with Gasteiger partial charge in [0.2, 0.25) is 3.79 Å². The number of hydrogen-bond acceptors (Lipinski definition) is 11. The van der Waals surface area contributed by atoms with Crippen LogP contribution in [-0.2, 0) is 17.5 Å². The van der Waals surface area contributed by atoms with Gasteiger partial charge in [0.1, 0.15) is 11.5 Å². The van der Waals surface area contributed by atoms with Crippen LogP contribution in [0.15, 0.2) is 102 Å². The summed E-state index contributed by atoms with van der Waals surface area (Å²) in [6.07, 6.45) is -3.28. The number of carbonyl (C=O) groups excluding carboxylic acids is 4. The van der Waals surface area contributed by atoms with E-state index in [0.717, 1.165) is 24.5 Å². The van der Waals surface area contributed by atoms with Crippen molar-refractivity contribution in [3.8, 4) is 11.5 Å². The Morgan fingerprint density at radius 1 is 0.871 bits per heavy atom. The number of hydrogen-bond donors (Lipinski definition) is 5. The average Bonchev–Trinajstić information content (AvgIpc) is 3.30. The zero-order chi connectivity index (χ0) is 52.8. The molecular weight excluding hydrogens is 1070 g/mol. The number of benzene rings is 4. The van der Waals surface area contributed by atoms with Crippen LogP contribution in [-0.4, -0.2) is 86.8 Å². The molecule has 1 aromatic heterocycles. The van der Waals surface area contributed by atoms with Crippen LogP contribution in [0.1, 0.15) is 78.0 Å². The van der Waals surface area contributed by atoms with E-state index >= 15 is 0 Å². The van der Waals surface area contributed by atoms with Crippen LogP contribution in [0.5, 0.6) is 11.5 Å². The number of rotatable bonds is 13. The molecule has 0 aliphatic carbocycles. The topological polar surface area (TPSA) is 192 Å². The van der Waals surface area contributed by atoms with Crippen LogP contribution in [0.25, 0.3) is 0 Å². The molecule has 0 saturated heterocycles. The van der Waals surface area contributed by atoms with Gasteiger partial charge in [-0.1, -0.05) is 119 Å². The molecule has 0 aliphatic heterocycles. The summed E-state index contributed by atoms with van der Waals surface area (Å²) in [5.41, 5.74) is 3.19. The quantitative estimate of drug-likeness (QED) is 0.0144. The summed E-state index contributed by atoms with van der Waals surface area (Å²) in [6, 6.07) is 23.3. The lowest BCUT2D eigenvalue weighted by molar-refractivity contribution is -0.137. The van der Waals surface area contributed by atoms with E-state index in [0.29, 0.717) is 35.4 Å². The second kappa shape index (κ2) is 29.8. The number of aryl methyl sites for hydroxylation is 1. The maximum atomic E-state index is 12.5. The smallest absolute Gasteiger partial charge is 0.417 e. The zero-order valence-corrected chi connectivity index (χ0v) is 43.0. The molecule has 0 fully saturated rings. The highest BCUT2D eigenvalue weighted by molar-refractivity contribution is 7.78. The number of para-hydroxylation sites is 1. The van der Waals surface area contributed by atoms with Gasteiger partial charge in [-0.3, -0.25) is 29.4 Å². The second-order valence-corrected chi connectivity index (χ2v) is 17.9. The monoisotopic (exact) mass is 1110 g/mol. The molecule has 0 saturated carbocycles. The Morgan fingerprint density at radius 2 is 1.49 bits per heavy atom. The zero-order valence-electron chi connectivity index (χ0n) is 37.6. The molecule has 376 valence electrons. The second-order valence-electron chi connectivity index (χ2n) is 14.1. The fourth-order valence-electron chi connectivity index (χ4n) is 5.34. The number of aliphatic imine (C=N–C) groups is 1. The number of halogens is 9. The summed E-state index contributed by atoms with van der Waals surface area (Å²) < 4.78 is 46.4. The van der Waals surface area contributed by atoms with Crippen molar-refractivity contribution in [3.63, 3.8) is 0 Å². The minimum absolute atomic E-state index is 0.0684. The number of hydroxylamine groups is 1. The van der Waals surface area contributed by atoms with Gasteiger partial charge in [0.15, 0.2) is 6.23 Å². The van der Waals surface area contributed by atoms with E-state index in [9.17, 15) is 37.5 Å². The van der Waals surface area contributed by atoms with Gasteiger partial charge in [0.25, 0.3) is 23.6 Å². The van der Waals surface area contributed by atoms with Crippen molar-refractivity contribution in [2.24, 2.45) is 4.99 Å².